The summed E-state index contributed by atoms with van der Waals surface area (Å²) < 4.78 is 25.4. The average Bonchev–Trinajstić information content (AvgIpc) is 2.85. The van der Waals surface area contributed by atoms with Gasteiger partial charge in [-0.25, -0.2) is 9.38 Å². The minimum atomic E-state index is -1.23. The number of aliphatic imine (C=N–C) groups is 1. The molecule has 2 unspecified atom stereocenters. The highest BCUT2D eigenvalue weighted by atomic mass is 35.5. The summed E-state index contributed by atoms with van der Waals surface area (Å²) in [7, 11) is 3.17. The molecule has 1 spiro atoms. The van der Waals surface area contributed by atoms with Crippen LogP contribution in [0.15, 0.2) is 41.4 Å². The van der Waals surface area contributed by atoms with Crippen molar-refractivity contribution in [2.45, 2.75) is 24.5 Å². The fourth-order valence-corrected chi connectivity index (χ4v) is 4.38. The Bertz CT molecular complexity index is 1020. The van der Waals surface area contributed by atoms with Gasteiger partial charge in [-0.2, -0.15) is 0 Å². The molecule has 0 bridgehead atoms. The first kappa shape index (κ1) is 19.7. The molecule has 2 N–H and O–H groups in total. The van der Waals surface area contributed by atoms with E-state index in [-0.39, 0.29) is 29.9 Å². The molecule has 8 heteroatoms. The highest BCUT2D eigenvalue weighted by Crippen LogP contribution is 2.50. The zero-order chi connectivity index (χ0) is 21.0. The number of amides is 1. The maximum absolute atomic E-state index is 13.9. The molecular weight excluding hydrogens is 397 g/mol. The third-order valence-electron chi connectivity index (χ3n) is 5.36. The van der Waals surface area contributed by atoms with Gasteiger partial charge in [0.1, 0.15) is 17.2 Å². The highest BCUT2D eigenvalue weighted by molar-refractivity contribution is 6.30. The molecule has 2 aromatic carbocycles. The molecule has 0 saturated heterocycles. The fourth-order valence-electron chi connectivity index (χ4n) is 4.16. The van der Waals surface area contributed by atoms with Gasteiger partial charge in [-0.1, -0.05) is 17.7 Å². The topological polar surface area (TPSA) is 77.2 Å². The standard InChI is InChI=1S/C21H21ClFN3O3/c1-20(11-28-3)10-21(18(27)26(2)19(24)25-21)16-8-12(4-5-17(16)29-20)13-6-14(22)9-15(23)7-13/h4-9H,10-11H2,1-3H3,(H2,24,25). The van der Waals surface area contributed by atoms with Crippen LogP contribution in [0.25, 0.3) is 11.1 Å². The number of likely N-dealkylation sites (N-methyl/N-ethyl adjacent to an activating group) is 1. The predicted octanol–water partition coefficient (Wildman–Crippen LogP) is 3.32. The largest absolute Gasteiger partial charge is 0.485 e. The van der Waals surface area contributed by atoms with Crippen LogP contribution in [-0.2, 0) is 15.1 Å². The zero-order valence-electron chi connectivity index (χ0n) is 16.3. The Hall–Kier alpha value is -2.64. The minimum Gasteiger partial charge on any atom is -0.485 e. The molecule has 1 amide bonds. The summed E-state index contributed by atoms with van der Waals surface area (Å²) in [6.45, 7) is 2.15. The lowest BCUT2D eigenvalue weighted by atomic mass is 9.76. The van der Waals surface area contributed by atoms with Crippen LogP contribution >= 0.6 is 11.6 Å². The molecule has 2 heterocycles. The number of ether oxygens (including phenoxy) is 2. The van der Waals surface area contributed by atoms with Crippen molar-refractivity contribution in [2.24, 2.45) is 10.7 Å². The number of hydrogen-bond acceptors (Lipinski definition) is 5. The van der Waals surface area contributed by atoms with Crippen LogP contribution in [0.5, 0.6) is 5.75 Å². The number of guanidine groups is 1. The molecule has 4 rings (SSSR count). The number of nitrogens with zero attached hydrogens (tertiary/aromatic N) is 2. The highest BCUT2D eigenvalue weighted by Gasteiger charge is 2.56. The summed E-state index contributed by atoms with van der Waals surface area (Å²) in [5.74, 6) is -0.0248. The van der Waals surface area contributed by atoms with Gasteiger partial charge in [0.05, 0.1) is 6.61 Å². The number of nitrogens with two attached hydrogens (primary N) is 1. The smallest absolute Gasteiger partial charge is 0.261 e. The number of halogens is 2. The second-order valence-corrected chi connectivity index (χ2v) is 8.16. The van der Waals surface area contributed by atoms with Gasteiger partial charge in [-0.3, -0.25) is 9.69 Å². The van der Waals surface area contributed by atoms with Crippen molar-refractivity contribution in [3.63, 3.8) is 0 Å². The van der Waals surface area contributed by atoms with E-state index >= 15 is 0 Å². The number of benzene rings is 2. The van der Waals surface area contributed by atoms with Gasteiger partial charge < -0.3 is 15.2 Å². The lowest BCUT2D eigenvalue weighted by molar-refractivity contribution is -0.135. The number of rotatable bonds is 3. The van der Waals surface area contributed by atoms with Crippen LogP contribution in [0.2, 0.25) is 5.02 Å². The van der Waals surface area contributed by atoms with E-state index in [1.165, 1.54) is 17.0 Å². The molecule has 2 atom stereocenters. The average molecular weight is 418 g/mol. The van der Waals surface area contributed by atoms with Crippen LogP contribution in [0, 0.1) is 5.82 Å². The zero-order valence-corrected chi connectivity index (χ0v) is 17.1. The molecular formula is C21H21ClFN3O3. The predicted molar refractivity (Wildman–Crippen MR) is 108 cm³/mol. The van der Waals surface area contributed by atoms with Crippen LogP contribution in [-0.4, -0.2) is 43.1 Å². The normalized spacial score (nSPS) is 25.8. The molecule has 0 radical (unpaired) electrons. The molecule has 6 nitrogen and oxygen atoms in total. The first-order chi connectivity index (χ1) is 13.7. The van der Waals surface area contributed by atoms with Gasteiger partial charge in [-0.05, 0) is 48.4 Å². The molecule has 2 aromatic rings. The third-order valence-corrected chi connectivity index (χ3v) is 5.58. The van der Waals surface area contributed by atoms with Gasteiger partial charge in [0, 0.05) is 31.2 Å². The SMILES string of the molecule is COCC1(C)CC2(N=C(N)N(C)C2=O)c2cc(-c3cc(F)cc(Cl)c3)ccc2O1. The number of carbonyl (C=O) groups is 1. The molecule has 2 aliphatic heterocycles. The first-order valence-electron chi connectivity index (χ1n) is 9.10. The summed E-state index contributed by atoms with van der Waals surface area (Å²) >= 11 is 6.02. The Morgan fingerprint density at radius 3 is 2.69 bits per heavy atom. The second-order valence-electron chi connectivity index (χ2n) is 7.73. The van der Waals surface area contributed by atoms with Crippen molar-refractivity contribution in [3.8, 4) is 16.9 Å². The van der Waals surface area contributed by atoms with Crippen molar-refractivity contribution in [2.75, 3.05) is 20.8 Å². The molecule has 0 saturated carbocycles. The van der Waals surface area contributed by atoms with E-state index < -0.39 is 17.0 Å². The van der Waals surface area contributed by atoms with Gasteiger partial charge in [-0.15, -0.1) is 0 Å². The van der Waals surface area contributed by atoms with Gasteiger partial charge in [0.15, 0.2) is 11.5 Å². The Labute approximate surface area is 173 Å². The van der Waals surface area contributed by atoms with Crippen LogP contribution in [0.1, 0.15) is 18.9 Å². The Morgan fingerprint density at radius 2 is 2.07 bits per heavy atom. The minimum absolute atomic E-state index is 0.141. The lowest BCUT2D eigenvalue weighted by Crippen LogP contribution is -2.52. The summed E-state index contributed by atoms with van der Waals surface area (Å²) in [4.78, 5) is 19.2. The van der Waals surface area contributed by atoms with E-state index in [0.29, 0.717) is 22.4 Å². The van der Waals surface area contributed by atoms with E-state index in [1.807, 2.05) is 6.92 Å². The number of hydrogen-bond donors (Lipinski definition) is 1. The Morgan fingerprint density at radius 1 is 1.31 bits per heavy atom. The molecule has 2 aliphatic rings. The summed E-state index contributed by atoms with van der Waals surface area (Å²) in [6.07, 6.45) is 0.262. The maximum Gasteiger partial charge on any atom is 0.261 e. The molecule has 0 aliphatic carbocycles. The van der Waals surface area contributed by atoms with E-state index in [9.17, 15) is 9.18 Å². The Kier molecular flexibility index (Phi) is 4.55. The third kappa shape index (κ3) is 3.14. The van der Waals surface area contributed by atoms with Crippen molar-refractivity contribution < 1.29 is 18.7 Å². The van der Waals surface area contributed by atoms with E-state index in [1.54, 1.807) is 38.4 Å². The van der Waals surface area contributed by atoms with Crippen LogP contribution in [0.4, 0.5) is 4.39 Å². The van der Waals surface area contributed by atoms with Crippen molar-refractivity contribution in [1.29, 1.82) is 0 Å². The quantitative estimate of drug-likeness (QED) is 0.831. The second kappa shape index (κ2) is 6.71. The van der Waals surface area contributed by atoms with Gasteiger partial charge in [0.2, 0.25) is 0 Å². The van der Waals surface area contributed by atoms with Crippen LogP contribution in [0.3, 0.4) is 0 Å². The summed E-state index contributed by atoms with van der Waals surface area (Å²) in [5.41, 5.74) is 5.87. The van der Waals surface area contributed by atoms with E-state index in [0.717, 1.165) is 0 Å². The maximum atomic E-state index is 13.9. The van der Waals surface area contributed by atoms with Gasteiger partial charge in [0.25, 0.3) is 5.91 Å². The molecule has 152 valence electrons. The number of fused-ring (bicyclic) bond motifs is 2. The number of carbonyl (C=O) groups excluding carboxylic acids is 1. The monoisotopic (exact) mass is 417 g/mol. The molecule has 0 aromatic heterocycles. The molecule has 0 fully saturated rings. The van der Waals surface area contributed by atoms with E-state index in [4.69, 9.17) is 26.8 Å². The Balaban J connectivity index is 1.91. The first-order valence-corrected chi connectivity index (χ1v) is 9.48. The van der Waals surface area contributed by atoms with Crippen molar-refractivity contribution in [1.82, 2.24) is 4.90 Å². The lowest BCUT2D eigenvalue weighted by Gasteiger charge is -2.42. The van der Waals surface area contributed by atoms with Crippen molar-refractivity contribution >= 4 is 23.5 Å². The molecule has 29 heavy (non-hydrogen) atoms. The summed E-state index contributed by atoms with van der Waals surface area (Å²) in [6, 6.07) is 9.64. The van der Waals surface area contributed by atoms with Gasteiger partial charge >= 0.3 is 0 Å². The van der Waals surface area contributed by atoms with Crippen LogP contribution < -0.4 is 10.5 Å². The van der Waals surface area contributed by atoms with E-state index in [2.05, 4.69) is 4.99 Å². The number of methoxy groups -OCH3 is 1. The fraction of sp³-hybridized carbons (Fsp3) is 0.333. The summed E-state index contributed by atoms with van der Waals surface area (Å²) in [5, 5.41) is 0.287. The van der Waals surface area contributed by atoms with Crippen molar-refractivity contribution in [3.05, 3.63) is 52.8 Å².